The third-order valence-electron chi connectivity index (χ3n) is 1.82. The Morgan fingerprint density at radius 3 is 2.88 bits per heavy atom. The zero-order chi connectivity index (χ0) is 11.5. The molecule has 1 aromatic heterocycles. The molecule has 0 spiro atoms. The summed E-state index contributed by atoms with van der Waals surface area (Å²) < 4.78 is 5.83. The van der Waals surface area contributed by atoms with Crippen molar-refractivity contribution in [3.63, 3.8) is 0 Å². The summed E-state index contributed by atoms with van der Waals surface area (Å²) in [6, 6.07) is 5.36. The molecule has 0 saturated heterocycles. The minimum absolute atomic E-state index is 0.604. The lowest BCUT2D eigenvalue weighted by Gasteiger charge is -2.06. The quantitative estimate of drug-likeness (QED) is 0.936. The van der Waals surface area contributed by atoms with Crippen molar-refractivity contribution in [2.24, 2.45) is 0 Å². The predicted molar refractivity (Wildman–Crippen MR) is 68.9 cm³/mol. The number of hydrogen-bond acceptors (Lipinski definition) is 5. The summed E-state index contributed by atoms with van der Waals surface area (Å²) >= 11 is 10.7. The maximum Gasteiger partial charge on any atom is 0.210 e. The molecule has 0 radical (unpaired) electrons. The molecule has 7 heteroatoms. The molecule has 0 atom stereocenters. The summed E-state index contributed by atoms with van der Waals surface area (Å²) in [5.74, 6) is 0.732. The average molecular weight is 321 g/mol. The van der Waals surface area contributed by atoms with Crippen molar-refractivity contribution >= 4 is 49.7 Å². The van der Waals surface area contributed by atoms with Crippen molar-refractivity contribution in [1.82, 2.24) is 10.2 Å². The van der Waals surface area contributed by atoms with E-state index in [1.165, 1.54) is 11.3 Å². The fourth-order valence-electron chi connectivity index (χ4n) is 1.10. The minimum atomic E-state index is 0.604. The highest BCUT2D eigenvalue weighted by atomic mass is 79.9. The number of hydrogen-bond donors (Lipinski definition) is 1. The van der Waals surface area contributed by atoms with Crippen LogP contribution in [0.15, 0.2) is 22.1 Å². The summed E-state index contributed by atoms with van der Waals surface area (Å²) in [6.45, 7) is 0. The van der Waals surface area contributed by atoms with Crippen LogP contribution in [0.25, 0.3) is 0 Å². The Labute approximate surface area is 110 Å². The molecule has 0 aliphatic rings. The van der Waals surface area contributed by atoms with Gasteiger partial charge in [0.25, 0.3) is 0 Å². The van der Waals surface area contributed by atoms with E-state index in [4.69, 9.17) is 16.3 Å². The fourth-order valence-corrected chi connectivity index (χ4v) is 2.29. The lowest BCUT2D eigenvalue weighted by Crippen LogP contribution is -1.92. The van der Waals surface area contributed by atoms with Crippen molar-refractivity contribution in [3.8, 4) is 5.75 Å². The van der Waals surface area contributed by atoms with Gasteiger partial charge in [0.15, 0.2) is 3.92 Å². The van der Waals surface area contributed by atoms with E-state index >= 15 is 0 Å². The Bertz CT molecular complexity index is 505. The molecule has 4 nitrogen and oxygen atoms in total. The van der Waals surface area contributed by atoms with E-state index in [-0.39, 0.29) is 0 Å². The van der Waals surface area contributed by atoms with E-state index in [1.54, 1.807) is 25.3 Å². The molecule has 0 fully saturated rings. The van der Waals surface area contributed by atoms with Crippen molar-refractivity contribution in [3.05, 3.63) is 27.1 Å². The number of anilines is 2. The average Bonchev–Trinajstić information content (AvgIpc) is 2.67. The van der Waals surface area contributed by atoms with Crippen LogP contribution in [0.5, 0.6) is 5.75 Å². The normalized spacial score (nSPS) is 10.2. The van der Waals surface area contributed by atoms with Crippen LogP contribution in [0.3, 0.4) is 0 Å². The standard InChI is InChI=1S/C9H7BrClN3OS/c1-15-5-2-3-6(11)7(4-5)12-9-14-13-8(10)16-9/h2-4H,1H3,(H,12,14). The van der Waals surface area contributed by atoms with E-state index in [1.807, 2.05) is 0 Å². The third kappa shape index (κ3) is 2.63. The van der Waals surface area contributed by atoms with Gasteiger partial charge in [-0.2, -0.15) is 0 Å². The highest BCUT2D eigenvalue weighted by Gasteiger charge is 2.06. The number of nitrogens with zero attached hydrogens (tertiary/aromatic N) is 2. The van der Waals surface area contributed by atoms with Crippen LogP contribution in [0.2, 0.25) is 5.02 Å². The van der Waals surface area contributed by atoms with E-state index in [2.05, 4.69) is 31.4 Å². The molecule has 1 N–H and O–H groups in total. The van der Waals surface area contributed by atoms with Crippen molar-refractivity contribution in [1.29, 1.82) is 0 Å². The van der Waals surface area contributed by atoms with E-state index in [0.717, 1.165) is 11.4 Å². The highest BCUT2D eigenvalue weighted by molar-refractivity contribution is 9.11. The predicted octanol–water partition coefficient (Wildman–Crippen LogP) is 3.71. The number of ether oxygens (including phenoxy) is 1. The Morgan fingerprint density at radius 1 is 1.44 bits per heavy atom. The van der Waals surface area contributed by atoms with Gasteiger partial charge in [0, 0.05) is 6.07 Å². The summed E-state index contributed by atoms with van der Waals surface area (Å²) in [5, 5.41) is 12.1. The first-order valence-corrected chi connectivity index (χ1v) is 6.27. The highest BCUT2D eigenvalue weighted by Crippen LogP contribution is 2.31. The molecule has 0 aliphatic carbocycles. The van der Waals surface area contributed by atoms with Crippen LogP contribution in [0, 0.1) is 0 Å². The zero-order valence-electron chi connectivity index (χ0n) is 8.20. The van der Waals surface area contributed by atoms with Crippen molar-refractivity contribution in [2.75, 3.05) is 12.4 Å². The first kappa shape index (κ1) is 11.6. The largest absolute Gasteiger partial charge is 0.497 e. The van der Waals surface area contributed by atoms with Gasteiger partial charge < -0.3 is 10.1 Å². The number of methoxy groups -OCH3 is 1. The van der Waals surface area contributed by atoms with E-state index < -0.39 is 0 Å². The van der Waals surface area contributed by atoms with Gasteiger partial charge in [-0.15, -0.1) is 10.2 Å². The Hall–Kier alpha value is -0.850. The summed E-state index contributed by atoms with van der Waals surface area (Å²) in [5.41, 5.74) is 0.740. The second-order valence-corrected chi connectivity index (χ2v) is 5.49. The summed E-state index contributed by atoms with van der Waals surface area (Å²) in [4.78, 5) is 0. The number of rotatable bonds is 3. The first-order valence-electron chi connectivity index (χ1n) is 4.28. The van der Waals surface area contributed by atoms with Gasteiger partial charge in [-0.05, 0) is 28.1 Å². The summed E-state index contributed by atoms with van der Waals surface area (Å²) in [6.07, 6.45) is 0. The molecule has 0 saturated carbocycles. The van der Waals surface area contributed by atoms with Gasteiger partial charge in [-0.25, -0.2) is 0 Å². The maximum atomic E-state index is 6.04. The second kappa shape index (κ2) is 4.99. The molecule has 2 aromatic rings. The lowest BCUT2D eigenvalue weighted by atomic mass is 10.3. The van der Waals surface area contributed by atoms with Gasteiger partial charge in [0.2, 0.25) is 5.13 Å². The molecule has 1 heterocycles. The van der Waals surface area contributed by atoms with Crippen LogP contribution in [0.1, 0.15) is 0 Å². The molecule has 0 aliphatic heterocycles. The van der Waals surface area contributed by atoms with Gasteiger partial charge >= 0.3 is 0 Å². The Balaban J connectivity index is 2.26. The molecule has 1 aromatic carbocycles. The molecule has 0 unspecified atom stereocenters. The topological polar surface area (TPSA) is 47.0 Å². The van der Waals surface area contributed by atoms with Gasteiger partial charge in [0.1, 0.15) is 5.75 Å². The smallest absolute Gasteiger partial charge is 0.210 e. The zero-order valence-corrected chi connectivity index (χ0v) is 11.4. The third-order valence-corrected chi connectivity index (χ3v) is 3.42. The second-order valence-electron chi connectivity index (χ2n) is 2.83. The molecule has 16 heavy (non-hydrogen) atoms. The minimum Gasteiger partial charge on any atom is -0.497 e. The van der Waals surface area contributed by atoms with Crippen LogP contribution in [0.4, 0.5) is 10.8 Å². The number of aromatic nitrogens is 2. The van der Waals surface area contributed by atoms with Crippen LogP contribution >= 0.6 is 38.9 Å². The summed E-state index contributed by atoms with van der Waals surface area (Å²) in [7, 11) is 1.61. The van der Waals surface area contributed by atoms with Crippen molar-refractivity contribution < 1.29 is 4.74 Å². The lowest BCUT2D eigenvalue weighted by molar-refractivity contribution is 0.415. The monoisotopic (exact) mass is 319 g/mol. The number of halogens is 2. The fraction of sp³-hybridized carbons (Fsp3) is 0.111. The Kier molecular flexibility index (Phi) is 3.63. The molecular formula is C9H7BrClN3OS. The van der Waals surface area contributed by atoms with E-state index in [9.17, 15) is 0 Å². The van der Waals surface area contributed by atoms with E-state index in [0.29, 0.717) is 14.1 Å². The first-order chi connectivity index (χ1) is 7.69. The molecule has 0 bridgehead atoms. The van der Waals surface area contributed by atoms with Gasteiger partial charge in [0.05, 0.1) is 17.8 Å². The van der Waals surface area contributed by atoms with Crippen LogP contribution < -0.4 is 10.1 Å². The Morgan fingerprint density at radius 2 is 2.25 bits per heavy atom. The number of nitrogens with one attached hydrogen (secondary N) is 1. The molecule has 2 rings (SSSR count). The molecular weight excluding hydrogens is 314 g/mol. The number of benzene rings is 1. The van der Waals surface area contributed by atoms with Gasteiger partial charge in [-0.1, -0.05) is 22.9 Å². The SMILES string of the molecule is COc1ccc(Cl)c(Nc2nnc(Br)s2)c1. The molecule has 0 amide bonds. The van der Waals surface area contributed by atoms with Crippen LogP contribution in [-0.4, -0.2) is 17.3 Å². The van der Waals surface area contributed by atoms with Gasteiger partial charge in [-0.3, -0.25) is 0 Å². The van der Waals surface area contributed by atoms with Crippen molar-refractivity contribution in [2.45, 2.75) is 0 Å². The molecule has 84 valence electrons. The van der Waals surface area contributed by atoms with Crippen LogP contribution in [-0.2, 0) is 0 Å². The maximum absolute atomic E-state index is 6.04.